The lowest BCUT2D eigenvalue weighted by Gasteiger charge is -2.09. The van der Waals surface area contributed by atoms with Crippen LogP contribution >= 0.6 is 0 Å². The Morgan fingerprint density at radius 1 is 0.962 bits per heavy atom. The molecule has 2 aromatic carbocycles. The van der Waals surface area contributed by atoms with Crippen LogP contribution in [-0.4, -0.2) is 24.3 Å². The summed E-state index contributed by atoms with van der Waals surface area (Å²) in [7, 11) is 0. The van der Waals surface area contributed by atoms with Crippen molar-refractivity contribution in [1.29, 1.82) is 0 Å². The highest BCUT2D eigenvalue weighted by Crippen LogP contribution is 2.19. The van der Waals surface area contributed by atoms with E-state index in [1.807, 2.05) is 5.32 Å². The summed E-state index contributed by atoms with van der Waals surface area (Å²) in [5, 5.41) is 6.83. The third kappa shape index (κ3) is 4.82. The summed E-state index contributed by atoms with van der Waals surface area (Å²) >= 11 is 0. The molecule has 3 amide bonds. The molecule has 6 nitrogen and oxygen atoms in total. The summed E-state index contributed by atoms with van der Waals surface area (Å²) in [6.07, 6.45) is 0. The number of hydrogen-bond acceptors (Lipinski definition) is 3. The molecule has 136 valence electrons. The van der Waals surface area contributed by atoms with E-state index in [0.29, 0.717) is 11.8 Å². The molecule has 0 saturated carbocycles. The average molecular weight is 365 g/mol. The maximum Gasteiger partial charge on any atom is 0.251 e. The van der Waals surface area contributed by atoms with Crippen molar-refractivity contribution in [3.05, 3.63) is 59.4 Å². The van der Waals surface area contributed by atoms with E-state index < -0.39 is 41.5 Å². The Labute approximate surface area is 146 Å². The van der Waals surface area contributed by atoms with Gasteiger partial charge < -0.3 is 16.0 Å². The number of carbonyl (C=O) groups is 3. The molecule has 0 aromatic heterocycles. The zero-order valence-corrected chi connectivity index (χ0v) is 13.5. The Hall–Kier alpha value is -3.36. The second-order valence-corrected chi connectivity index (χ2v) is 5.22. The van der Waals surface area contributed by atoms with Crippen molar-refractivity contribution in [3.63, 3.8) is 0 Å². The van der Waals surface area contributed by atoms with Crippen LogP contribution in [-0.2, 0) is 9.59 Å². The van der Waals surface area contributed by atoms with Gasteiger partial charge in [-0.3, -0.25) is 14.4 Å². The smallest absolute Gasteiger partial charge is 0.251 e. The molecule has 0 spiro atoms. The molecule has 26 heavy (non-hydrogen) atoms. The summed E-state index contributed by atoms with van der Waals surface area (Å²) in [6, 6.07) is 7.52. The first-order valence-electron chi connectivity index (χ1n) is 7.37. The van der Waals surface area contributed by atoms with E-state index in [9.17, 15) is 27.6 Å². The average Bonchev–Trinajstić information content (AvgIpc) is 2.60. The van der Waals surface area contributed by atoms with Gasteiger partial charge >= 0.3 is 0 Å². The maximum atomic E-state index is 13.5. The lowest BCUT2D eigenvalue weighted by Crippen LogP contribution is -2.33. The Balaban J connectivity index is 1.96. The topological polar surface area (TPSA) is 87.3 Å². The minimum atomic E-state index is -1.71. The summed E-state index contributed by atoms with van der Waals surface area (Å²) in [5.74, 6) is -6.38. The number of rotatable bonds is 5. The largest absolute Gasteiger partial charge is 0.343 e. The van der Waals surface area contributed by atoms with E-state index in [0.717, 1.165) is 6.07 Å². The molecule has 0 unspecified atom stereocenters. The first-order chi connectivity index (χ1) is 12.3. The Morgan fingerprint density at radius 3 is 2.38 bits per heavy atom. The first-order valence-corrected chi connectivity index (χ1v) is 7.37. The van der Waals surface area contributed by atoms with Crippen molar-refractivity contribution < 1.29 is 27.6 Å². The van der Waals surface area contributed by atoms with Gasteiger partial charge in [0, 0.05) is 18.2 Å². The minimum Gasteiger partial charge on any atom is -0.343 e. The Kier molecular flexibility index (Phi) is 5.94. The number of anilines is 2. The van der Waals surface area contributed by atoms with E-state index in [2.05, 4.69) is 10.6 Å². The fourth-order valence-electron chi connectivity index (χ4n) is 2.02. The van der Waals surface area contributed by atoms with E-state index >= 15 is 0 Å². The van der Waals surface area contributed by atoms with E-state index in [4.69, 9.17) is 0 Å². The molecule has 0 atom stereocenters. The molecular weight excluding hydrogens is 351 g/mol. The minimum absolute atomic E-state index is 0.183. The third-order valence-electron chi connectivity index (χ3n) is 3.16. The fourth-order valence-corrected chi connectivity index (χ4v) is 2.02. The second kappa shape index (κ2) is 8.15. The molecule has 0 heterocycles. The highest BCUT2D eigenvalue weighted by Gasteiger charge is 2.16. The maximum absolute atomic E-state index is 13.5. The molecule has 0 aliphatic rings. The van der Waals surface area contributed by atoms with Gasteiger partial charge in [0.15, 0.2) is 17.5 Å². The van der Waals surface area contributed by atoms with Crippen LogP contribution in [0.4, 0.5) is 24.5 Å². The number of hydrogen-bond donors (Lipinski definition) is 3. The van der Waals surface area contributed by atoms with E-state index in [-0.39, 0.29) is 11.5 Å². The summed E-state index contributed by atoms with van der Waals surface area (Å²) in [6.45, 7) is 0.788. The van der Waals surface area contributed by atoms with Crippen LogP contribution < -0.4 is 16.0 Å². The molecule has 2 aromatic rings. The quantitative estimate of drug-likeness (QED) is 0.711. The number of amides is 3. The zero-order chi connectivity index (χ0) is 19.3. The van der Waals surface area contributed by atoms with Crippen molar-refractivity contribution in [3.8, 4) is 0 Å². The monoisotopic (exact) mass is 365 g/mol. The Bertz CT molecular complexity index is 872. The predicted molar refractivity (Wildman–Crippen MR) is 88.0 cm³/mol. The summed E-state index contributed by atoms with van der Waals surface area (Å²) < 4.78 is 39.4. The van der Waals surface area contributed by atoms with Crippen LogP contribution in [0.15, 0.2) is 36.4 Å². The van der Waals surface area contributed by atoms with Crippen molar-refractivity contribution in [2.45, 2.75) is 6.92 Å². The van der Waals surface area contributed by atoms with Gasteiger partial charge in [-0.2, -0.15) is 0 Å². The molecular formula is C17H14F3N3O3. The SMILES string of the molecule is CC(=O)Nc1cccc(C(=O)NCC(=O)Nc2ccc(F)c(F)c2F)c1. The van der Waals surface area contributed by atoms with Crippen molar-refractivity contribution in [1.82, 2.24) is 5.32 Å². The standard InChI is InChI=1S/C17H14F3N3O3/c1-9(24)22-11-4-2-3-10(7-11)17(26)21-8-14(25)23-13-6-5-12(18)15(19)16(13)20/h2-7H,8H2,1H3,(H,21,26)(H,22,24)(H,23,25). The third-order valence-corrected chi connectivity index (χ3v) is 3.16. The van der Waals surface area contributed by atoms with Crippen LogP contribution in [0.1, 0.15) is 17.3 Å². The van der Waals surface area contributed by atoms with Crippen LogP contribution in [0.3, 0.4) is 0 Å². The van der Waals surface area contributed by atoms with Gasteiger partial charge in [0.05, 0.1) is 12.2 Å². The second-order valence-electron chi connectivity index (χ2n) is 5.22. The van der Waals surface area contributed by atoms with Crippen molar-refractivity contribution >= 4 is 29.1 Å². The molecule has 0 saturated heterocycles. The van der Waals surface area contributed by atoms with Gasteiger partial charge in [0.25, 0.3) is 5.91 Å². The van der Waals surface area contributed by atoms with Crippen LogP contribution in [0.2, 0.25) is 0 Å². The van der Waals surface area contributed by atoms with Crippen LogP contribution in [0.25, 0.3) is 0 Å². The molecule has 3 N–H and O–H groups in total. The van der Waals surface area contributed by atoms with Gasteiger partial charge in [-0.05, 0) is 30.3 Å². The van der Waals surface area contributed by atoms with Gasteiger partial charge in [-0.15, -0.1) is 0 Å². The normalized spacial score (nSPS) is 10.2. The summed E-state index contributed by atoms with van der Waals surface area (Å²) in [5.41, 5.74) is 0.0392. The molecule has 0 aliphatic carbocycles. The molecule has 0 aliphatic heterocycles. The predicted octanol–water partition coefficient (Wildman–Crippen LogP) is 2.43. The number of benzene rings is 2. The molecule has 0 radical (unpaired) electrons. The van der Waals surface area contributed by atoms with Crippen LogP contribution in [0, 0.1) is 17.5 Å². The van der Waals surface area contributed by atoms with E-state index in [1.165, 1.54) is 25.1 Å². The molecule has 0 bridgehead atoms. The highest BCUT2D eigenvalue weighted by atomic mass is 19.2. The van der Waals surface area contributed by atoms with Gasteiger partial charge in [0.1, 0.15) is 0 Å². The van der Waals surface area contributed by atoms with Crippen molar-refractivity contribution in [2.75, 3.05) is 17.2 Å². The molecule has 2 rings (SSSR count). The molecule has 0 fully saturated rings. The number of carbonyl (C=O) groups excluding carboxylic acids is 3. The Morgan fingerprint density at radius 2 is 1.69 bits per heavy atom. The van der Waals surface area contributed by atoms with Crippen molar-refractivity contribution in [2.24, 2.45) is 0 Å². The first kappa shape index (κ1) is 19.0. The van der Waals surface area contributed by atoms with E-state index in [1.54, 1.807) is 6.07 Å². The van der Waals surface area contributed by atoms with Gasteiger partial charge in [-0.25, -0.2) is 13.2 Å². The van der Waals surface area contributed by atoms with Crippen LogP contribution in [0.5, 0.6) is 0 Å². The molecule has 9 heteroatoms. The lowest BCUT2D eigenvalue weighted by atomic mass is 10.2. The fraction of sp³-hybridized carbons (Fsp3) is 0.118. The van der Waals surface area contributed by atoms with Gasteiger partial charge in [-0.1, -0.05) is 6.07 Å². The lowest BCUT2D eigenvalue weighted by molar-refractivity contribution is -0.115. The number of halogens is 3. The highest BCUT2D eigenvalue weighted by molar-refractivity contribution is 6.00. The zero-order valence-electron chi connectivity index (χ0n) is 13.5. The number of nitrogens with one attached hydrogen (secondary N) is 3. The summed E-state index contributed by atoms with van der Waals surface area (Å²) in [4.78, 5) is 34.8. The van der Waals surface area contributed by atoms with Gasteiger partial charge in [0.2, 0.25) is 11.8 Å².